The van der Waals surface area contributed by atoms with Gasteiger partial charge < -0.3 is 19.5 Å². The van der Waals surface area contributed by atoms with E-state index < -0.39 is 22.5 Å². The predicted molar refractivity (Wildman–Crippen MR) is 205 cm³/mol. The third-order valence-electron chi connectivity index (χ3n) is 8.50. The van der Waals surface area contributed by atoms with Crippen LogP contribution in [0.3, 0.4) is 0 Å². The molecule has 0 saturated carbocycles. The molecular formula is C37H47ClN8O7. The lowest BCUT2D eigenvalue weighted by molar-refractivity contribution is 0.277. The topological polar surface area (TPSA) is 173 Å². The number of ether oxygens (including phenoxy) is 1. The molecule has 0 fully saturated rings. The number of benzene rings is 2. The molecule has 0 aliphatic heterocycles. The van der Waals surface area contributed by atoms with Gasteiger partial charge in [-0.05, 0) is 56.3 Å². The van der Waals surface area contributed by atoms with Gasteiger partial charge in [0.1, 0.15) is 0 Å². The van der Waals surface area contributed by atoms with Crippen molar-refractivity contribution in [3.63, 3.8) is 0 Å². The summed E-state index contributed by atoms with van der Waals surface area (Å²) >= 11 is 6.28. The van der Waals surface area contributed by atoms with Crippen molar-refractivity contribution < 1.29 is 14.9 Å². The minimum Gasteiger partial charge on any atom is -0.465 e. The summed E-state index contributed by atoms with van der Waals surface area (Å²) < 4.78 is 14.2. The van der Waals surface area contributed by atoms with E-state index in [1.807, 2.05) is 81.4 Å². The number of rotatable bonds is 14. The van der Waals surface area contributed by atoms with Gasteiger partial charge >= 0.3 is 11.4 Å². The number of aliphatic hydroxyl groups excluding tert-OH is 2. The van der Waals surface area contributed by atoms with Crippen molar-refractivity contribution >= 4 is 33.9 Å². The highest BCUT2D eigenvalue weighted by Gasteiger charge is 2.23. The second-order valence-corrected chi connectivity index (χ2v) is 12.2. The van der Waals surface area contributed by atoms with E-state index in [9.17, 15) is 19.2 Å². The molecule has 2 N–H and O–H groups in total. The van der Waals surface area contributed by atoms with Gasteiger partial charge in [0, 0.05) is 39.4 Å². The number of imidazole rings is 2. The Morgan fingerprint density at radius 3 is 1.49 bits per heavy atom. The number of aliphatic hydroxyl groups is 2. The van der Waals surface area contributed by atoms with Crippen LogP contribution >= 0.6 is 11.6 Å². The fourth-order valence-electron chi connectivity index (χ4n) is 6.02. The quantitative estimate of drug-likeness (QED) is 0.158. The molecular weight excluding hydrogens is 704 g/mol. The molecule has 0 bridgehead atoms. The number of aryl methyl sites for hydroxylation is 2. The summed E-state index contributed by atoms with van der Waals surface area (Å²) in [6.45, 7) is 7.54. The SMILES string of the molecule is C.CCOc1nc2c(c(=O)n(CCCO)c(=O)n2CC)n1Cc1ccccc1.CCn1c(=O)n(CCCO)c(=O)c2c1nc(Cl)n2Cc1ccccc1. The van der Waals surface area contributed by atoms with Gasteiger partial charge in [0.25, 0.3) is 17.1 Å². The number of hydrogen-bond donors (Lipinski definition) is 2. The van der Waals surface area contributed by atoms with Crippen LogP contribution in [-0.4, -0.2) is 67.4 Å². The number of aromatic nitrogens is 8. The van der Waals surface area contributed by atoms with E-state index in [2.05, 4.69) is 9.97 Å². The van der Waals surface area contributed by atoms with Crippen molar-refractivity contribution in [1.82, 2.24) is 37.4 Å². The molecule has 53 heavy (non-hydrogen) atoms. The van der Waals surface area contributed by atoms with Crippen LogP contribution in [-0.2, 0) is 39.3 Å². The summed E-state index contributed by atoms with van der Waals surface area (Å²) in [6.07, 6.45) is 0.653. The Labute approximate surface area is 310 Å². The molecule has 16 heteroatoms. The Kier molecular flexibility index (Phi) is 14.1. The maximum Gasteiger partial charge on any atom is 0.332 e. The van der Waals surface area contributed by atoms with Crippen molar-refractivity contribution in [2.24, 2.45) is 0 Å². The molecule has 4 aromatic heterocycles. The van der Waals surface area contributed by atoms with E-state index in [0.29, 0.717) is 74.0 Å². The van der Waals surface area contributed by atoms with Crippen LogP contribution < -0.4 is 27.2 Å². The van der Waals surface area contributed by atoms with E-state index in [-0.39, 0.29) is 39.0 Å². The zero-order valence-electron chi connectivity index (χ0n) is 29.4. The maximum atomic E-state index is 13.1. The standard InChI is InChI=1S/C19H24N4O4.C17H19ClN4O3.CH4/c1-3-21-16-15(17(25)22(19(21)26)11-8-12-24)23(18(20-16)27-4-2)13-14-9-6-5-7-10-14;1-2-20-14-13(15(24)21(17(20)25)9-6-10-23)22(16(18)19-14)11-12-7-4-3-5-8-12;/h5-7,9-10,24H,3-4,8,11-13H2,1-2H3;3-5,7-8,23H,2,6,9-11H2,1H3;1H4. The van der Waals surface area contributed by atoms with Crippen LogP contribution in [0.2, 0.25) is 5.28 Å². The largest absolute Gasteiger partial charge is 0.465 e. The zero-order chi connectivity index (χ0) is 37.4. The van der Waals surface area contributed by atoms with Gasteiger partial charge in [-0.3, -0.25) is 32.4 Å². The van der Waals surface area contributed by atoms with Crippen LogP contribution in [0.25, 0.3) is 22.3 Å². The van der Waals surface area contributed by atoms with Crippen LogP contribution in [0.4, 0.5) is 0 Å². The highest BCUT2D eigenvalue weighted by Crippen LogP contribution is 2.21. The van der Waals surface area contributed by atoms with E-state index in [4.69, 9.17) is 26.6 Å². The van der Waals surface area contributed by atoms with Crippen molar-refractivity contribution in [1.29, 1.82) is 0 Å². The van der Waals surface area contributed by atoms with Crippen molar-refractivity contribution in [2.45, 2.75) is 80.3 Å². The van der Waals surface area contributed by atoms with Gasteiger partial charge in [0.15, 0.2) is 22.3 Å². The molecule has 0 aliphatic rings. The molecule has 15 nitrogen and oxygen atoms in total. The zero-order valence-corrected chi connectivity index (χ0v) is 30.2. The lowest BCUT2D eigenvalue weighted by Crippen LogP contribution is -2.40. The van der Waals surface area contributed by atoms with E-state index in [0.717, 1.165) is 15.7 Å². The minimum absolute atomic E-state index is 0. The maximum absolute atomic E-state index is 13.1. The molecule has 0 unspecified atom stereocenters. The number of fused-ring (bicyclic) bond motifs is 2. The van der Waals surface area contributed by atoms with Gasteiger partial charge in [-0.2, -0.15) is 9.97 Å². The molecule has 6 rings (SSSR count). The molecule has 4 heterocycles. The van der Waals surface area contributed by atoms with Crippen molar-refractivity contribution in [2.75, 3.05) is 19.8 Å². The summed E-state index contributed by atoms with van der Waals surface area (Å²) in [5.41, 5.74) is 1.51. The second-order valence-electron chi connectivity index (χ2n) is 11.8. The van der Waals surface area contributed by atoms with E-state index >= 15 is 0 Å². The van der Waals surface area contributed by atoms with Crippen LogP contribution in [0.15, 0.2) is 79.8 Å². The average Bonchev–Trinajstić information content (AvgIpc) is 3.66. The van der Waals surface area contributed by atoms with Gasteiger partial charge in [-0.15, -0.1) is 0 Å². The first kappa shape index (κ1) is 40.5. The third kappa shape index (κ3) is 8.37. The Morgan fingerprint density at radius 2 is 1.06 bits per heavy atom. The van der Waals surface area contributed by atoms with Gasteiger partial charge in [-0.25, -0.2) is 9.59 Å². The highest BCUT2D eigenvalue weighted by atomic mass is 35.5. The number of halogens is 1. The van der Waals surface area contributed by atoms with Gasteiger partial charge in [0.05, 0.1) is 19.7 Å². The Hall–Kier alpha value is -5.25. The lowest BCUT2D eigenvalue weighted by Gasteiger charge is -2.11. The minimum atomic E-state index is -0.437. The summed E-state index contributed by atoms with van der Waals surface area (Å²) in [4.78, 5) is 60.0. The molecule has 0 spiro atoms. The molecule has 0 aliphatic carbocycles. The fraction of sp³-hybridized carbons (Fsp3) is 0.405. The van der Waals surface area contributed by atoms with Gasteiger partial charge in [-0.1, -0.05) is 68.1 Å². The highest BCUT2D eigenvalue weighted by molar-refractivity contribution is 6.29. The van der Waals surface area contributed by atoms with Crippen LogP contribution in [0.5, 0.6) is 6.01 Å². The normalized spacial score (nSPS) is 11.1. The smallest absolute Gasteiger partial charge is 0.332 e. The lowest BCUT2D eigenvalue weighted by atomic mass is 10.2. The predicted octanol–water partition coefficient (Wildman–Crippen LogP) is 3.31. The Balaban J connectivity index is 0.000000233. The number of hydrogen-bond acceptors (Lipinski definition) is 9. The first-order valence-electron chi connectivity index (χ1n) is 17.3. The first-order chi connectivity index (χ1) is 25.2. The molecule has 6 aromatic rings. The Bertz CT molecular complexity index is 2380. The first-order valence-corrected chi connectivity index (χ1v) is 17.6. The summed E-state index contributed by atoms with van der Waals surface area (Å²) in [5, 5.41) is 18.3. The van der Waals surface area contributed by atoms with Crippen molar-refractivity contribution in [3.05, 3.63) is 119 Å². The van der Waals surface area contributed by atoms with E-state index in [1.54, 1.807) is 9.13 Å². The summed E-state index contributed by atoms with van der Waals surface area (Å²) in [7, 11) is 0. The van der Waals surface area contributed by atoms with E-state index in [1.165, 1.54) is 13.7 Å². The summed E-state index contributed by atoms with van der Waals surface area (Å²) in [6, 6.07) is 19.6. The Morgan fingerprint density at radius 1 is 0.623 bits per heavy atom. The summed E-state index contributed by atoms with van der Waals surface area (Å²) in [5.74, 6) is 0. The molecule has 2 aromatic carbocycles. The molecule has 0 atom stereocenters. The molecule has 0 saturated heterocycles. The molecule has 0 radical (unpaired) electrons. The van der Waals surface area contributed by atoms with Crippen molar-refractivity contribution in [3.8, 4) is 6.01 Å². The van der Waals surface area contributed by atoms with Crippen LogP contribution in [0.1, 0.15) is 52.2 Å². The van der Waals surface area contributed by atoms with Crippen LogP contribution in [0, 0.1) is 0 Å². The number of nitrogens with zero attached hydrogens (tertiary/aromatic N) is 8. The fourth-order valence-corrected chi connectivity index (χ4v) is 6.24. The van der Waals surface area contributed by atoms with Gasteiger partial charge in [0.2, 0.25) is 5.28 Å². The monoisotopic (exact) mass is 750 g/mol. The molecule has 284 valence electrons. The molecule has 0 amide bonds. The second kappa shape index (κ2) is 18.5. The third-order valence-corrected chi connectivity index (χ3v) is 8.79. The average molecular weight is 751 g/mol.